The molecule has 0 bridgehead atoms. The second-order valence-electron chi connectivity index (χ2n) is 6.93. The second kappa shape index (κ2) is 6.89. The molecule has 0 aromatic heterocycles. The second-order valence-corrected chi connectivity index (χ2v) is 6.93. The van der Waals surface area contributed by atoms with Gasteiger partial charge in [-0.25, -0.2) is 0 Å². The molecule has 0 aliphatic rings. The normalized spacial score (nSPS) is 14.7. The molecular formula is C17H28N2O. The fraction of sp³-hybridized carbons (Fsp3) is 0.588. The minimum atomic E-state index is -0.0831. The SMILES string of the molecule is Cc1ccc(C(C)NC(=O)CC(N)CC(C)(C)C)cc1. The van der Waals surface area contributed by atoms with E-state index in [-0.39, 0.29) is 23.4 Å². The summed E-state index contributed by atoms with van der Waals surface area (Å²) >= 11 is 0. The maximum atomic E-state index is 12.0. The van der Waals surface area contributed by atoms with Gasteiger partial charge in [-0.1, -0.05) is 50.6 Å². The molecule has 3 nitrogen and oxygen atoms in total. The third-order valence-electron chi connectivity index (χ3n) is 3.28. The van der Waals surface area contributed by atoms with E-state index in [0.29, 0.717) is 6.42 Å². The van der Waals surface area contributed by atoms with Gasteiger partial charge in [0.25, 0.3) is 0 Å². The van der Waals surface area contributed by atoms with E-state index in [1.165, 1.54) is 5.56 Å². The summed E-state index contributed by atoms with van der Waals surface area (Å²) in [6.07, 6.45) is 1.23. The minimum absolute atomic E-state index is 0.0185. The number of amides is 1. The topological polar surface area (TPSA) is 55.1 Å². The van der Waals surface area contributed by atoms with Crippen LogP contribution < -0.4 is 11.1 Å². The Morgan fingerprint density at radius 2 is 1.80 bits per heavy atom. The van der Waals surface area contributed by atoms with Gasteiger partial charge < -0.3 is 11.1 Å². The van der Waals surface area contributed by atoms with Crippen molar-refractivity contribution in [1.82, 2.24) is 5.32 Å². The Morgan fingerprint density at radius 1 is 1.25 bits per heavy atom. The van der Waals surface area contributed by atoms with E-state index < -0.39 is 0 Å². The van der Waals surface area contributed by atoms with E-state index >= 15 is 0 Å². The summed E-state index contributed by atoms with van der Waals surface area (Å²) in [6, 6.07) is 8.15. The van der Waals surface area contributed by atoms with Gasteiger partial charge in [0.1, 0.15) is 0 Å². The Labute approximate surface area is 122 Å². The van der Waals surface area contributed by atoms with E-state index in [1.807, 2.05) is 6.92 Å². The number of rotatable bonds is 5. The summed E-state index contributed by atoms with van der Waals surface area (Å²) in [6.45, 7) is 10.5. The summed E-state index contributed by atoms with van der Waals surface area (Å²) in [7, 11) is 0. The first-order valence-corrected chi connectivity index (χ1v) is 7.29. The van der Waals surface area contributed by atoms with Crippen LogP contribution in [0.5, 0.6) is 0 Å². The molecule has 0 aliphatic carbocycles. The molecule has 0 heterocycles. The largest absolute Gasteiger partial charge is 0.350 e. The standard InChI is InChI=1S/C17H28N2O/c1-12-6-8-14(9-7-12)13(2)19-16(20)10-15(18)11-17(3,4)5/h6-9,13,15H,10-11,18H2,1-5H3,(H,19,20). The van der Waals surface area contributed by atoms with Crippen molar-refractivity contribution in [2.24, 2.45) is 11.1 Å². The van der Waals surface area contributed by atoms with Crippen LogP contribution >= 0.6 is 0 Å². The van der Waals surface area contributed by atoms with Crippen molar-refractivity contribution in [3.63, 3.8) is 0 Å². The number of aryl methyl sites for hydroxylation is 1. The molecule has 2 unspecified atom stereocenters. The third-order valence-corrected chi connectivity index (χ3v) is 3.28. The minimum Gasteiger partial charge on any atom is -0.350 e. The number of carbonyl (C=O) groups is 1. The zero-order valence-corrected chi connectivity index (χ0v) is 13.4. The highest BCUT2D eigenvalue weighted by Gasteiger charge is 2.19. The predicted octanol–water partition coefficient (Wildman–Crippen LogP) is 3.33. The van der Waals surface area contributed by atoms with Gasteiger partial charge in [-0.15, -0.1) is 0 Å². The van der Waals surface area contributed by atoms with Crippen molar-refractivity contribution in [1.29, 1.82) is 0 Å². The third kappa shape index (κ3) is 6.20. The number of hydrogen-bond donors (Lipinski definition) is 2. The Hall–Kier alpha value is -1.35. The number of nitrogens with two attached hydrogens (primary N) is 1. The lowest BCUT2D eigenvalue weighted by Crippen LogP contribution is -2.35. The smallest absolute Gasteiger partial charge is 0.222 e. The first kappa shape index (κ1) is 16.7. The number of nitrogens with one attached hydrogen (secondary N) is 1. The van der Waals surface area contributed by atoms with Crippen molar-refractivity contribution in [3.05, 3.63) is 35.4 Å². The molecule has 1 aromatic carbocycles. The van der Waals surface area contributed by atoms with Crippen LogP contribution in [0.4, 0.5) is 0 Å². The van der Waals surface area contributed by atoms with Gasteiger partial charge in [0, 0.05) is 12.5 Å². The van der Waals surface area contributed by atoms with Gasteiger partial charge in [0.15, 0.2) is 0 Å². The highest BCUT2D eigenvalue weighted by molar-refractivity contribution is 5.77. The maximum Gasteiger partial charge on any atom is 0.222 e. The first-order valence-electron chi connectivity index (χ1n) is 7.29. The molecule has 0 fully saturated rings. The number of benzene rings is 1. The summed E-state index contributed by atoms with van der Waals surface area (Å²) in [5.74, 6) is 0.0230. The zero-order valence-electron chi connectivity index (χ0n) is 13.4. The van der Waals surface area contributed by atoms with Crippen LogP contribution in [0.1, 0.15) is 57.7 Å². The molecule has 0 saturated heterocycles. The Morgan fingerprint density at radius 3 is 2.30 bits per heavy atom. The van der Waals surface area contributed by atoms with Crippen molar-refractivity contribution in [2.45, 2.75) is 59.5 Å². The molecule has 0 spiro atoms. The van der Waals surface area contributed by atoms with E-state index in [9.17, 15) is 4.79 Å². The molecule has 0 saturated carbocycles. The van der Waals surface area contributed by atoms with E-state index in [0.717, 1.165) is 12.0 Å². The molecule has 112 valence electrons. The van der Waals surface area contributed by atoms with Crippen molar-refractivity contribution >= 4 is 5.91 Å². The predicted molar refractivity (Wildman–Crippen MR) is 84.4 cm³/mol. The summed E-state index contributed by atoms with van der Waals surface area (Å²) in [4.78, 5) is 12.0. The van der Waals surface area contributed by atoms with Crippen LogP contribution in [-0.2, 0) is 4.79 Å². The van der Waals surface area contributed by atoms with Gasteiger partial charge in [0.05, 0.1) is 6.04 Å². The molecule has 0 aliphatic heterocycles. The molecule has 2 atom stereocenters. The average molecular weight is 276 g/mol. The van der Waals surface area contributed by atoms with E-state index in [2.05, 4.69) is 57.3 Å². The molecule has 1 rings (SSSR count). The molecule has 1 amide bonds. The quantitative estimate of drug-likeness (QED) is 0.866. The molecule has 0 radical (unpaired) electrons. The van der Waals surface area contributed by atoms with Crippen LogP contribution in [0.25, 0.3) is 0 Å². The lowest BCUT2D eigenvalue weighted by Gasteiger charge is -2.23. The highest BCUT2D eigenvalue weighted by atomic mass is 16.1. The van der Waals surface area contributed by atoms with E-state index in [4.69, 9.17) is 5.73 Å². The van der Waals surface area contributed by atoms with Gasteiger partial charge in [0.2, 0.25) is 5.91 Å². The van der Waals surface area contributed by atoms with Crippen LogP contribution in [0.15, 0.2) is 24.3 Å². The van der Waals surface area contributed by atoms with Gasteiger partial charge in [-0.3, -0.25) is 4.79 Å². The summed E-state index contributed by atoms with van der Waals surface area (Å²) < 4.78 is 0. The zero-order chi connectivity index (χ0) is 15.3. The molecule has 20 heavy (non-hydrogen) atoms. The molecule has 3 N–H and O–H groups in total. The van der Waals surface area contributed by atoms with Crippen molar-refractivity contribution in [3.8, 4) is 0 Å². The fourth-order valence-corrected chi connectivity index (χ4v) is 2.34. The van der Waals surface area contributed by atoms with Gasteiger partial charge in [-0.05, 0) is 31.2 Å². The molecular weight excluding hydrogens is 248 g/mol. The Kier molecular flexibility index (Phi) is 5.75. The van der Waals surface area contributed by atoms with Crippen LogP contribution in [0.3, 0.4) is 0 Å². The van der Waals surface area contributed by atoms with Gasteiger partial charge >= 0.3 is 0 Å². The lowest BCUT2D eigenvalue weighted by atomic mass is 9.87. The Balaban J connectivity index is 2.47. The summed E-state index contributed by atoms with van der Waals surface area (Å²) in [5, 5.41) is 3.01. The molecule has 1 aromatic rings. The van der Waals surface area contributed by atoms with Crippen LogP contribution in [-0.4, -0.2) is 11.9 Å². The Bertz CT molecular complexity index is 431. The first-order chi connectivity index (χ1) is 9.17. The fourth-order valence-electron chi connectivity index (χ4n) is 2.34. The van der Waals surface area contributed by atoms with Gasteiger partial charge in [-0.2, -0.15) is 0 Å². The number of carbonyl (C=O) groups excluding carboxylic acids is 1. The van der Waals surface area contributed by atoms with Crippen molar-refractivity contribution in [2.75, 3.05) is 0 Å². The lowest BCUT2D eigenvalue weighted by molar-refractivity contribution is -0.122. The van der Waals surface area contributed by atoms with E-state index in [1.54, 1.807) is 0 Å². The van der Waals surface area contributed by atoms with Crippen LogP contribution in [0, 0.1) is 12.3 Å². The van der Waals surface area contributed by atoms with Crippen molar-refractivity contribution < 1.29 is 4.79 Å². The summed E-state index contributed by atoms with van der Waals surface area (Å²) in [5.41, 5.74) is 8.53. The monoisotopic (exact) mass is 276 g/mol. The van der Waals surface area contributed by atoms with Crippen LogP contribution in [0.2, 0.25) is 0 Å². The average Bonchev–Trinajstić information content (AvgIpc) is 2.26. The molecule has 3 heteroatoms. The number of hydrogen-bond acceptors (Lipinski definition) is 2. The highest BCUT2D eigenvalue weighted by Crippen LogP contribution is 2.21. The maximum absolute atomic E-state index is 12.0.